The summed E-state index contributed by atoms with van der Waals surface area (Å²) in [6.07, 6.45) is -0.304. The molecule has 4 bridgehead atoms. The van der Waals surface area contributed by atoms with E-state index in [0.717, 1.165) is 48.6 Å². The molecule has 4 fully saturated rings. The maximum absolute atomic E-state index is 13.6. The Morgan fingerprint density at radius 3 is 2.26 bits per heavy atom. The van der Waals surface area contributed by atoms with E-state index in [1.807, 2.05) is 0 Å². The number of anilines is 1. The number of carbonyl (C=O) groups excluding carboxylic acids is 1. The standard InChI is InChI=1S/C28H30F6N4O/c29-27(30,31)20-2-1-19(22(8-20)28(32,33)34)13-38-4-3-21-23(14-38)35-15-36-25(21)37-24(39)12-26-9-16-5-17(10-26)7-18(6-16)11-26/h1-2,8,15-18H,3-7,9-14H2,(H,35,36,37,39). The molecule has 7 rings (SSSR count). The third kappa shape index (κ3) is 5.38. The van der Waals surface area contributed by atoms with Crippen LogP contribution in [0.4, 0.5) is 32.2 Å². The molecular weight excluding hydrogens is 522 g/mol. The van der Waals surface area contributed by atoms with Crippen molar-refractivity contribution in [2.45, 2.75) is 76.8 Å². The molecule has 4 saturated carbocycles. The second kappa shape index (κ2) is 9.45. The molecule has 0 unspecified atom stereocenters. The number of aromatic nitrogens is 2. The first-order valence-corrected chi connectivity index (χ1v) is 13.5. The Morgan fingerprint density at radius 2 is 1.64 bits per heavy atom. The highest BCUT2D eigenvalue weighted by Crippen LogP contribution is 2.61. The van der Waals surface area contributed by atoms with Crippen LogP contribution in [-0.4, -0.2) is 27.3 Å². The summed E-state index contributed by atoms with van der Waals surface area (Å²) in [4.78, 5) is 23.5. The fourth-order valence-corrected chi connectivity index (χ4v) is 8.07. The average Bonchev–Trinajstić information content (AvgIpc) is 2.81. The predicted molar refractivity (Wildman–Crippen MR) is 130 cm³/mol. The number of fused-ring (bicyclic) bond motifs is 1. The molecule has 5 aliphatic rings. The second-order valence-corrected chi connectivity index (χ2v) is 12.1. The molecule has 0 radical (unpaired) electrons. The molecule has 5 nitrogen and oxygen atoms in total. The van der Waals surface area contributed by atoms with Crippen molar-refractivity contribution in [1.29, 1.82) is 0 Å². The molecular formula is C28H30F6N4O. The normalized spacial score (nSPS) is 28.4. The van der Waals surface area contributed by atoms with E-state index in [0.29, 0.717) is 37.0 Å². The molecule has 39 heavy (non-hydrogen) atoms. The monoisotopic (exact) mass is 552 g/mol. The highest BCUT2D eigenvalue weighted by atomic mass is 19.4. The Bertz CT molecular complexity index is 1240. The number of carbonyl (C=O) groups is 1. The average molecular weight is 553 g/mol. The SMILES string of the molecule is O=C(CC12CC3CC(CC(C3)C1)C2)Nc1ncnc2c1CCN(Cc1ccc(C(F)(F)F)cc1C(F)(F)F)C2. The fraction of sp³-hybridized carbons (Fsp3) is 0.607. The van der Waals surface area contributed by atoms with Crippen LogP contribution >= 0.6 is 0 Å². The summed E-state index contributed by atoms with van der Waals surface area (Å²) in [5.41, 5.74) is -1.40. The number of amides is 1. The van der Waals surface area contributed by atoms with Crippen LogP contribution in [-0.2, 0) is 36.7 Å². The Labute approximate surface area is 222 Å². The van der Waals surface area contributed by atoms with Gasteiger partial charge >= 0.3 is 12.4 Å². The topological polar surface area (TPSA) is 58.1 Å². The Hall–Kier alpha value is -2.69. The molecule has 1 amide bonds. The second-order valence-electron chi connectivity index (χ2n) is 12.1. The van der Waals surface area contributed by atoms with Gasteiger partial charge in [0.05, 0.1) is 16.8 Å². The maximum Gasteiger partial charge on any atom is 0.416 e. The zero-order valence-corrected chi connectivity index (χ0v) is 21.3. The van der Waals surface area contributed by atoms with Gasteiger partial charge in [-0.25, -0.2) is 9.97 Å². The van der Waals surface area contributed by atoms with Crippen molar-refractivity contribution >= 4 is 11.7 Å². The zero-order valence-electron chi connectivity index (χ0n) is 21.3. The van der Waals surface area contributed by atoms with Gasteiger partial charge in [-0.3, -0.25) is 9.69 Å². The van der Waals surface area contributed by atoms with E-state index in [4.69, 9.17) is 0 Å². The summed E-state index contributed by atoms with van der Waals surface area (Å²) in [7, 11) is 0. The lowest BCUT2D eigenvalue weighted by molar-refractivity contribution is -0.143. The molecule has 0 spiro atoms. The molecule has 0 atom stereocenters. The van der Waals surface area contributed by atoms with Gasteiger partial charge in [-0.2, -0.15) is 26.3 Å². The van der Waals surface area contributed by atoms with Crippen LogP contribution in [0.3, 0.4) is 0 Å². The van der Waals surface area contributed by atoms with E-state index in [1.54, 1.807) is 4.90 Å². The molecule has 0 saturated heterocycles. The minimum atomic E-state index is -4.92. The Balaban J connectivity index is 1.14. The Morgan fingerprint density at radius 1 is 0.974 bits per heavy atom. The van der Waals surface area contributed by atoms with Crippen molar-refractivity contribution in [3.05, 3.63) is 52.5 Å². The van der Waals surface area contributed by atoms with E-state index < -0.39 is 23.5 Å². The molecule has 1 aromatic heterocycles. The van der Waals surface area contributed by atoms with Crippen molar-refractivity contribution in [1.82, 2.24) is 14.9 Å². The number of alkyl halides is 6. The minimum Gasteiger partial charge on any atom is -0.310 e. The van der Waals surface area contributed by atoms with Crippen LogP contribution in [0.5, 0.6) is 0 Å². The van der Waals surface area contributed by atoms with E-state index in [9.17, 15) is 31.1 Å². The number of halogens is 6. The van der Waals surface area contributed by atoms with Crippen LogP contribution in [0, 0.1) is 23.2 Å². The first kappa shape index (κ1) is 26.5. The first-order valence-electron chi connectivity index (χ1n) is 13.5. The van der Waals surface area contributed by atoms with Crippen LogP contribution < -0.4 is 5.32 Å². The number of hydrogen-bond donors (Lipinski definition) is 1. The first-order chi connectivity index (χ1) is 18.4. The molecule has 210 valence electrons. The summed E-state index contributed by atoms with van der Waals surface area (Å²) < 4.78 is 79.9. The smallest absolute Gasteiger partial charge is 0.310 e. The van der Waals surface area contributed by atoms with Crippen LogP contribution in [0.15, 0.2) is 24.5 Å². The molecule has 1 aromatic carbocycles. The van der Waals surface area contributed by atoms with Crippen molar-refractivity contribution in [3.8, 4) is 0 Å². The molecule has 4 aliphatic carbocycles. The van der Waals surface area contributed by atoms with Gasteiger partial charge in [-0.15, -0.1) is 0 Å². The summed E-state index contributed by atoms with van der Waals surface area (Å²) in [6.45, 7) is 0.384. The quantitative estimate of drug-likeness (QED) is 0.424. The van der Waals surface area contributed by atoms with Crippen molar-refractivity contribution in [2.24, 2.45) is 23.2 Å². The lowest BCUT2D eigenvalue weighted by atomic mass is 9.49. The van der Waals surface area contributed by atoms with Crippen molar-refractivity contribution < 1.29 is 31.1 Å². The van der Waals surface area contributed by atoms with Gasteiger partial charge in [0.25, 0.3) is 0 Å². The number of benzene rings is 1. The zero-order chi connectivity index (χ0) is 27.6. The summed E-state index contributed by atoms with van der Waals surface area (Å²) in [5, 5.41) is 3.00. The molecule has 2 heterocycles. The molecule has 1 N–H and O–H groups in total. The van der Waals surface area contributed by atoms with Gasteiger partial charge in [-0.05, 0) is 85.8 Å². The van der Waals surface area contributed by atoms with Gasteiger partial charge in [0.15, 0.2) is 0 Å². The number of rotatable bonds is 5. The lowest BCUT2D eigenvalue weighted by Crippen LogP contribution is -2.47. The van der Waals surface area contributed by atoms with Gasteiger partial charge in [0, 0.05) is 31.6 Å². The summed E-state index contributed by atoms with van der Waals surface area (Å²) in [5.74, 6) is 2.61. The van der Waals surface area contributed by atoms with E-state index in [-0.39, 0.29) is 36.0 Å². The highest BCUT2D eigenvalue weighted by Gasteiger charge is 2.51. The molecule has 2 aromatic rings. The number of nitrogens with zero attached hydrogens (tertiary/aromatic N) is 3. The summed E-state index contributed by atoms with van der Waals surface area (Å²) >= 11 is 0. The fourth-order valence-electron chi connectivity index (χ4n) is 8.07. The van der Waals surface area contributed by atoms with E-state index >= 15 is 0 Å². The van der Waals surface area contributed by atoms with Crippen molar-refractivity contribution in [3.63, 3.8) is 0 Å². The van der Waals surface area contributed by atoms with E-state index in [1.165, 1.54) is 25.6 Å². The van der Waals surface area contributed by atoms with Crippen LogP contribution in [0.25, 0.3) is 0 Å². The molecule has 11 heteroatoms. The van der Waals surface area contributed by atoms with Gasteiger partial charge < -0.3 is 5.32 Å². The van der Waals surface area contributed by atoms with Gasteiger partial charge in [0.2, 0.25) is 5.91 Å². The third-order valence-corrected chi connectivity index (χ3v) is 9.18. The largest absolute Gasteiger partial charge is 0.416 e. The van der Waals surface area contributed by atoms with Gasteiger partial charge in [-0.1, -0.05) is 6.07 Å². The third-order valence-electron chi connectivity index (χ3n) is 9.18. The van der Waals surface area contributed by atoms with Crippen LogP contribution in [0.2, 0.25) is 0 Å². The molecule has 1 aliphatic heterocycles. The lowest BCUT2D eigenvalue weighted by Gasteiger charge is -2.56. The number of nitrogens with one attached hydrogen (secondary N) is 1. The van der Waals surface area contributed by atoms with Crippen LogP contribution in [0.1, 0.15) is 72.9 Å². The summed E-state index contributed by atoms with van der Waals surface area (Å²) in [6, 6.07) is 1.76. The highest BCUT2D eigenvalue weighted by molar-refractivity contribution is 5.91. The minimum absolute atomic E-state index is 0.0557. The Kier molecular flexibility index (Phi) is 6.43. The predicted octanol–water partition coefficient (Wildman–Crippen LogP) is 6.62. The number of hydrogen-bond acceptors (Lipinski definition) is 4. The maximum atomic E-state index is 13.6. The van der Waals surface area contributed by atoms with E-state index in [2.05, 4.69) is 15.3 Å². The van der Waals surface area contributed by atoms with Gasteiger partial charge in [0.1, 0.15) is 12.1 Å². The van der Waals surface area contributed by atoms with Crippen molar-refractivity contribution in [2.75, 3.05) is 11.9 Å².